The van der Waals surface area contributed by atoms with E-state index in [0.717, 1.165) is 5.69 Å². The molecule has 2 aromatic rings. The molecule has 2 aromatic carbocycles. The van der Waals surface area contributed by atoms with Gasteiger partial charge in [-0.15, -0.1) is 0 Å². The molecule has 10 heteroatoms. The van der Waals surface area contributed by atoms with Crippen LogP contribution in [0.25, 0.3) is 4.98 Å². The first kappa shape index (κ1) is 21.6. The number of nitrogens with zero attached hydrogens (tertiary/aromatic N) is 3. The molecule has 4 nitrogen and oxygen atoms in total. The average Bonchev–Trinajstić information content (AvgIpc) is 2.50. The molecule has 0 aliphatic heterocycles. The Morgan fingerprint density at radius 2 is 1.58 bits per heavy atom. The molecular weight excluding hydrogens is 469 g/mol. The maximum atomic E-state index is 8.93. The van der Waals surface area contributed by atoms with Gasteiger partial charge in [0.15, 0.2) is 10.7 Å². The zero-order valence-corrected chi connectivity index (χ0v) is 19.6. The van der Waals surface area contributed by atoms with E-state index in [4.69, 9.17) is 62.4 Å². The van der Waals surface area contributed by atoms with Crippen LogP contribution in [0.4, 0.5) is 11.4 Å². The number of rotatable bonds is 3. The third kappa shape index (κ3) is 7.19. The molecule has 0 N–H and O–H groups in total. The molecule has 0 saturated carbocycles. The van der Waals surface area contributed by atoms with Crippen molar-refractivity contribution < 1.29 is 17.7 Å². The molecule has 0 unspecified atom stereocenters. The van der Waals surface area contributed by atoms with Crippen molar-refractivity contribution in [2.24, 2.45) is 0 Å². The van der Waals surface area contributed by atoms with Gasteiger partial charge in [0.1, 0.15) is 10.8 Å². The van der Waals surface area contributed by atoms with Crippen LogP contribution in [0.15, 0.2) is 36.4 Å². The van der Waals surface area contributed by atoms with Crippen molar-refractivity contribution in [2.45, 2.75) is 0 Å². The van der Waals surface area contributed by atoms with Gasteiger partial charge in [-0.2, -0.15) is 0 Å². The summed E-state index contributed by atoms with van der Waals surface area (Å²) < 4.78 is 5.79. The maximum absolute atomic E-state index is 8.93. The number of halogens is 5. The summed E-state index contributed by atoms with van der Waals surface area (Å²) >= 11 is 9.64. The standard InChI is InChI=1S/C14H12Cl2N3O.3ClH.Zn/c1-19(2)13-7-11(16)12(18-17)8-14(13)20-10-5-3-9(15)4-6-10;;;;/h3-8H,1-2H3;3*1H;/q+1;;;;+2/p-3. The second-order valence-corrected chi connectivity index (χ2v) is 19.3. The SMILES string of the molecule is CN(C)c1cc(Cl)c([N+]#N)cc1Oc1ccc(Cl)cc1.[Cl][Zn-]([Cl])[Cl]. The van der Waals surface area contributed by atoms with Crippen LogP contribution in [0, 0.1) is 5.39 Å². The van der Waals surface area contributed by atoms with Crippen LogP contribution in [0.1, 0.15) is 0 Å². The minimum atomic E-state index is -2.21. The first-order valence-corrected chi connectivity index (χ1v) is 19.1. The van der Waals surface area contributed by atoms with E-state index in [1.54, 1.807) is 36.4 Å². The van der Waals surface area contributed by atoms with Crippen LogP contribution >= 0.6 is 52.3 Å². The number of hydrogen-bond donors (Lipinski definition) is 0. The van der Waals surface area contributed by atoms with Crippen LogP contribution in [0.5, 0.6) is 11.5 Å². The van der Waals surface area contributed by atoms with Crippen molar-refractivity contribution in [3.63, 3.8) is 0 Å². The Balaban J connectivity index is 0.000000648. The summed E-state index contributed by atoms with van der Waals surface area (Å²) in [6, 6.07) is 10.2. The molecule has 126 valence electrons. The van der Waals surface area contributed by atoms with Crippen LogP contribution in [0.2, 0.25) is 10.0 Å². The van der Waals surface area contributed by atoms with E-state index < -0.39 is 13.0 Å². The predicted molar refractivity (Wildman–Crippen MR) is 99.6 cm³/mol. The van der Waals surface area contributed by atoms with Crippen molar-refractivity contribution in [1.82, 2.24) is 0 Å². The summed E-state index contributed by atoms with van der Waals surface area (Å²) in [5.41, 5.74) is 1.03. The first-order chi connectivity index (χ1) is 11.2. The summed E-state index contributed by atoms with van der Waals surface area (Å²) in [6.45, 7) is 0. The van der Waals surface area contributed by atoms with E-state index in [9.17, 15) is 0 Å². The zero-order valence-electron chi connectivity index (χ0n) is 12.8. The van der Waals surface area contributed by atoms with Crippen LogP contribution in [0.3, 0.4) is 0 Å². The van der Waals surface area contributed by atoms with Crippen LogP contribution in [-0.4, -0.2) is 14.1 Å². The molecule has 2 rings (SSSR count). The fraction of sp³-hybridized carbons (Fsp3) is 0.143. The minimum absolute atomic E-state index is 0.251. The quantitative estimate of drug-likeness (QED) is 0.339. The van der Waals surface area contributed by atoms with Gasteiger partial charge in [0.2, 0.25) is 5.39 Å². The van der Waals surface area contributed by atoms with Crippen molar-refractivity contribution in [3.8, 4) is 11.5 Å². The van der Waals surface area contributed by atoms with Crippen molar-refractivity contribution in [1.29, 1.82) is 5.39 Å². The van der Waals surface area contributed by atoms with Gasteiger partial charge in [0.05, 0.1) is 11.8 Å². The fourth-order valence-corrected chi connectivity index (χ4v) is 1.99. The monoisotopic (exact) mass is 477 g/mol. The van der Waals surface area contributed by atoms with Gasteiger partial charge < -0.3 is 9.64 Å². The van der Waals surface area contributed by atoms with Crippen LogP contribution < -0.4 is 9.64 Å². The molecule has 0 atom stereocenters. The average molecular weight is 481 g/mol. The number of benzene rings is 2. The fourth-order valence-electron chi connectivity index (χ4n) is 1.67. The topological polar surface area (TPSA) is 40.6 Å². The molecular formula is C14H12Cl5N3OZn. The molecule has 0 heterocycles. The zero-order chi connectivity index (χ0) is 18.3. The van der Waals surface area contributed by atoms with Gasteiger partial charge >= 0.3 is 47.7 Å². The van der Waals surface area contributed by atoms with Gasteiger partial charge in [-0.25, -0.2) is 0 Å². The van der Waals surface area contributed by atoms with Gasteiger partial charge in [0.25, 0.3) is 0 Å². The Bertz CT molecular complexity index is 717. The van der Waals surface area contributed by atoms with E-state index in [1.165, 1.54) is 0 Å². The molecule has 0 saturated heterocycles. The number of anilines is 1. The third-order valence-corrected chi connectivity index (χ3v) is 3.21. The van der Waals surface area contributed by atoms with Crippen molar-refractivity contribution >= 4 is 63.6 Å². The first-order valence-electron chi connectivity index (χ1n) is 6.61. The van der Waals surface area contributed by atoms with Gasteiger partial charge in [-0.3, -0.25) is 0 Å². The molecule has 0 fully saturated rings. The Morgan fingerprint density at radius 3 is 2.04 bits per heavy atom. The Labute approximate surface area is 167 Å². The number of diazo groups is 1. The van der Waals surface area contributed by atoms with E-state index >= 15 is 0 Å². The van der Waals surface area contributed by atoms with E-state index in [2.05, 4.69) is 4.98 Å². The van der Waals surface area contributed by atoms with Gasteiger partial charge in [0, 0.05) is 19.1 Å². The summed E-state index contributed by atoms with van der Waals surface area (Å²) in [5, 5.41) is 9.91. The summed E-state index contributed by atoms with van der Waals surface area (Å²) in [5.74, 6) is 1.17. The molecule has 0 bridgehead atoms. The Kier molecular flexibility index (Phi) is 9.45. The van der Waals surface area contributed by atoms with Crippen molar-refractivity contribution in [2.75, 3.05) is 19.0 Å². The van der Waals surface area contributed by atoms with Crippen molar-refractivity contribution in [3.05, 3.63) is 51.4 Å². The van der Waals surface area contributed by atoms with E-state index in [-0.39, 0.29) is 5.69 Å². The molecule has 0 aliphatic rings. The number of ether oxygens (including phenoxy) is 1. The van der Waals surface area contributed by atoms with Gasteiger partial charge in [-0.1, -0.05) is 23.2 Å². The Hall–Kier alpha value is -0.467. The second kappa shape index (κ2) is 10.5. The molecule has 0 amide bonds. The predicted octanol–water partition coefficient (Wildman–Crippen LogP) is 7.40. The normalized spacial score (nSPS) is 9.42. The molecule has 0 spiro atoms. The van der Waals surface area contributed by atoms with Gasteiger partial charge in [-0.05, 0) is 30.3 Å². The summed E-state index contributed by atoms with van der Waals surface area (Å²) in [7, 11) is 18.8. The van der Waals surface area contributed by atoms with E-state index in [0.29, 0.717) is 21.5 Å². The third-order valence-electron chi connectivity index (χ3n) is 2.66. The molecule has 0 radical (unpaired) electrons. The Morgan fingerprint density at radius 1 is 1.04 bits per heavy atom. The summed E-state index contributed by atoms with van der Waals surface area (Å²) in [4.78, 5) is 4.99. The van der Waals surface area contributed by atoms with E-state index in [1.807, 2.05) is 19.0 Å². The molecule has 0 aromatic heterocycles. The molecule has 24 heavy (non-hydrogen) atoms. The second-order valence-electron chi connectivity index (χ2n) is 4.62. The molecule has 0 aliphatic carbocycles. The number of hydrogen-bond acceptors (Lipinski definition) is 3. The van der Waals surface area contributed by atoms with Crippen LogP contribution in [-0.2, 0) is 13.0 Å². The summed E-state index contributed by atoms with van der Waals surface area (Å²) in [6.07, 6.45) is 0.